The quantitative estimate of drug-likeness (QED) is 0.747. The van der Waals surface area contributed by atoms with Crippen LogP contribution in [0.15, 0.2) is 0 Å². The molecule has 0 aromatic rings. The minimum Gasteiger partial charge on any atom is -0.317 e. The first-order valence-electron chi connectivity index (χ1n) is 7.78. The largest absolute Gasteiger partial charge is 0.317 e. The Labute approximate surface area is 117 Å². The Morgan fingerprint density at radius 2 is 1.94 bits per heavy atom. The highest BCUT2D eigenvalue weighted by Crippen LogP contribution is 2.36. The minimum absolute atomic E-state index is 0.772. The van der Waals surface area contributed by atoms with Gasteiger partial charge in [0, 0.05) is 24.2 Å². The number of fused-ring (bicyclic) bond motifs is 2. The van der Waals surface area contributed by atoms with Gasteiger partial charge in [0.2, 0.25) is 0 Å². The molecule has 1 N–H and O–H groups in total. The second-order valence-electron chi connectivity index (χ2n) is 5.98. The van der Waals surface area contributed by atoms with E-state index in [4.69, 9.17) is 0 Å². The highest BCUT2D eigenvalue weighted by Gasteiger charge is 2.39. The van der Waals surface area contributed by atoms with E-state index < -0.39 is 0 Å². The summed E-state index contributed by atoms with van der Waals surface area (Å²) in [6, 6.07) is 3.28. The van der Waals surface area contributed by atoms with E-state index in [-0.39, 0.29) is 0 Å². The third kappa shape index (κ3) is 3.43. The Morgan fingerprint density at radius 3 is 2.50 bits per heavy atom. The molecule has 106 valence electrons. The fraction of sp³-hybridized carbons (Fsp3) is 1.00. The van der Waals surface area contributed by atoms with Gasteiger partial charge < -0.3 is 5.32 Å². The third-order valence-electron chi connectivity index (χ3n) is 4.83. The van der Waals surface area contributed by atoms with Crippen molar-refractivity contribution in [2.24, 2.45) is 0 Å². The summed E-state index contributed by atoms with van der Waals surface area (Å²) < 4.78 is 0. The standard InChI is InChI=1S/C15H30N2S/c1-4-18-9-8-12(2)17-14-6-5-7-15(17)11-13(10-14)16-3/h12-16H,4-11H2,1-3H3. The van der Waals surface area contributed by atoms with Gasteiger partial charge in [-0.25, -0.2) is 0 Å². The second-order valence-corrected chi connectivity index (χ2v) is 7.37. The van der Waals surface area contributed by atoms with Gasteiger partial charge in [0.1, 0.15) is 0 Å². The third-order valence-corrected chi connectivity index (χ3v) is 5.77. The van der Waals surface area contributed by atoms with Crippen molar-refractivity contribution < 1.29 is 0 Å². The fourth-order valence-corrected chi connectivity index (χ4v) is 4.72. The lowest BCUT2D eigenvalue weighted by atomic mass is 9.80. The number of thioether (sulfide) groups is 1. The summed E-state index contributed by atoms with van der Waals surface area (Å²) in [5.41, 5.74) is 0. The van der Waals surface area contributed by atoms with Crippen LogP contribution in [0.25, 0.3) is 0 Å². The van der Waals surface area contributed by atoms with Gasteiger partial charge in [-0.1, -0.05) is 13.3 Å². The molecule has 2 heterocycles. The van der Waals surface area contributed by atoms with Crippen molar-refractivity contribution >= 4 is 11.8 Å². The number of hydrogen-bond acceptors (Lipinski definition) is 3. The summed E-state index contributed by atoms with van der Waals surface area (Å²) in [6.07, 6.45) is 8.44. The van der Waals surface area contributed by atoms with E-state index in [9.17, 15) is 0 Å². The SMILES string of the molecule is CCSCCC(C)N1C2CCCC1CC(NC)C2. The number of rotatable bonds is 6. The maximum absolute atomic E-state index is 3.51. The Bertz CT molecular complexity index is 233. The highest BCUT2D eigenvalue weighted by atomic mass is 32.2. The van der Waals surface area contributed by atoms with E-state index in [2.05, 4.69) is 42.9 Å². The van der Waals surface area contributed by atoms with Crippen molar-refractivity contribution in [1.29, 1.82) is 0 Å². The molecule has 0 radical (unpaired) electrons. The molecule has 2 fully saturated rings. The lowest BCUT2D eigenvalue weighted by molar-refractivity contribution is -0.00488. The maximum atomic E-state index is 3.51. The molecule has 2 nitrogen and oxygen atoms in total. The summed E-state index contributed by atoms with van der Waals surface area (Å²) in [5, 5.41) is 3.51. The van der Waals surface area contributed by atoms with Gasteiger partial charge in [0.15, 0.2) is 0 Å². The molecule has 0 aromatic carbocycles. The fourth-order valence-electron chi connectivity index (χ4n) is 3.92. The van der Waals surface area contributed by atoms with E-state index in [1.807, 2.05) is 0 Å². The van der Waals surface area contributed by atoms with Crippen molar-refractivity contribution in [3.05, 3.63) is 0 Å². The second kappa shape index (κ2) is 7.16. The van der Waals surface area contributed by atoms with Gasteiger partial charge in [-0.05, 0) is 57.6 Å². The molecule has 3 atom stereocenters. The van der Waals surface area contributed by atoms with Crippen LogP contribution in [0.3, 0.4) is 0 Å². The van der Waals surface area contributed by atoms with Crippen LogP contribution < -0.4 is 5.32 Å². The lowest BCUT2D eigenvalue weighted by Gasteiger charge is -2.51. The molecule has 2 bridgehead atoms. The Morgan fingerprint density at radius 1 is 1.28 bits per heavy atom. The zero-order chi connectivity index (χ0) is 13.0. The predicted molar refractivity (Wildman–Crippen MR) is 82.4 cm³/mol. The predicted octanol–water partition coefficient (Wildman–Crippen LogP) is 3.12. The minimum atomic E-state index is 0.772. The molecule has 18 heavy (non-hydrogen) atoms. The van der Waals surface area contributed by atoms with Crippen LogP contribution in [0.4, 0.5) is 0 Å². The summed E-state index contributed by atoms with van der Waals surface area (Å²) in [4.78, 5) is 2.88. The lowest BCUT2D eigenvalue weighted by Crippen LogP contribution is -2.58. The van der Waals surface area contributed by atoms with Crippen LogP contribution in [0.5, 0.6) is 0 Å². The first kappa shape index (κ1) is 14.7. The van der Waals surface area contributed by atoms with E-state index in [0.717, 1.165) is 24.2 Å². The van der Waals surface area contributed by atoms with Crippen LogP contribution in [-0.2, 0) is 0 Å². The first-order valence-corrected chi connectivity index (χ1v) is 8.94. The molecule has 2 aliphatic rings. The molecule has 0 aromatic heterocycles. The van der Waals surface area contributed by atoms with Crippen LogP contribution in [0, 0.1) is 0 Å². The van der Waals surface area contributed by atoms with Crippen molar-refractivity contribution in [1.82, 2.24) is 10.2 Å². The van der Waals surface area contributed by atoms with Gasteiger partial charge in [-0.15, -0.1) is 0 Å². The summed E-state index contributed by atoms with van der Waals surface area (Å²) in [5.74, 6) is 2.60. The van der Waals surface area contributed by atoms with E-state index in [1.54, 1.807) is 0 Å². The molecule has 0 saturated carbocycles. The Hall–Kier alpha value is 0.270. The van der Waals surface area contributed by atoms with E-state index >= 15 is 0 Å². The molecular weight excluding hydrogens is 240 g/mol. The highest BCUT2D eigenvalue weighted by molar-refractivity contribution is 7.99. The first-order chi connectivity index (χ1) is 8.76. The smallest absolute Gasteiger partial charge is 0.0116 e. The van der Waals surface area contributed by atoms with E-state index in [1.165, 1.54) is 50.0 Å². The summed E-state index contributed by atoms with van der Waals surface area (Å²) in [6.45, 7) is 4.73. The number of nitrogens with zero attached hydrogens (tertiary/aromatic N) is 1. The average Bonchev–Trinajstić information content (AvgIpc) is 2.37. The Kier molecular flexibility index (Phi) is 5.84. The van der Waals surface area contributed by atoms with Crippen LogP contribution in [-0.4, -0.2) is 47.6 Å². The molecule has 0 aliphatic carbocycles. The molecule has 3 heteroatoms. The molecular formula is C15H30N2S. The van der Waals surface area contributed by atoms with Gasteiger partial charge in [0.05, 0.1) is 0 Å². The summed E-state index contributed by atoms with van der Waals surface area (Å²) >= 11 is 2.09. The summed E-state index contributed by atoms with van der Waals surface area (Å²) in [7, 11) is 2.14. The van der Waals surface area contributed by atoms with Crippen molar-refractivity contribution in [3.63, 3.8) is 0 Å². The van der Waals surface area contributed by atoms with Gasteiger partial charge >= 0.3 is 0 Å². The van der Waals surface area contributed by atoms with Crippen LogP contribution in [0.2, 0.25) is 0 Å². The van der Waals surface area contributed by atoms with Gasteiger partial charge in [-0.3, -0.25) is 4.90 Å². The molecule has 3 unspecified atom stereocenters. The van der Waals surface area contributed by atoms with Crippen LogP contribution >= 0.6 is 11.8 Å². The van der Waals surface area contributed by atoms with E-state index in [0.29, 0.717) is 0 Å². The molecule has 2 rings (SSSR count). The normalized spacial score (nSPS) is 34.5. The molecule has 2 saturated heterocycles. The monoisotopic (exact) mass is 270 g/mol. The van der Waals surface area contributed by atoms with Crippen molar-refractivity contribution in [3.8, 4) is 0 Å². The number of nitrogens with one attached hydrogen (secondary N) is 1. The Balaban J connectivity index is 1.91. The van der Waals surface area contributed by atoms with Crippen molar-refractivity contribution in [2.75, 3.05) is 18.6 Å². The maximum Gasteiger partial charge on any atom is 0.0116 e. The zero-order valence-corrected chi connectivity index (χ0v) is 13.1. The topological polar surface area (TPSA) is 15.3 Å². The van der Waals surface area contributed by atoms with Crippen molar-refractivity contribution in [2.45, 2.75) is 76.5 Å². The van der Waals surface area contributed by atoms with Crippen LogP contribution in [0.1, 0.15) is 52.4 Å². The van der Waals surface area contributed by atoms with Gasteiger partial charge in [0.25, 0.3) is 0 Å². The average molecular weight is 270 g/mol. The van der Waals surface area contributed by atoms with Gasteiger partial charge in [-0.2, -0.15) is 11.8 Å². The zero-order valence-electron chi connectivity index (χ0n) is 12.3. The number of piperidine rings is 2. The molecule has 0 amide bonds. The molecule has 0 spiro atoms. The molecule has 2 aliphatic heterocycles. The number of hydrogen-bond donors (Lipinski definition) is 1.